The maximum Gasteiger partial charge on any atom is 0.416 e. The summed E-state index contributed by atoms with van der Waals surface area (Å²) < 4.78 is 42.4. The summed E-state index contributed by atoms with van der Waals surface area (Å²) >= 11 is 0. The second-order valence-corrected chi connectivity index (χ2v) is 5.51. The van der Waals surface area contributed by atoms with Gasteiger partial charge in [-0.3, -0.25) is 0 Å². The molecule has 0 radical (unpaired) electrons. The zero-order chi connectivity index (χ0) is 17.8. The van der Waals surface area contributed by atoms with Gasteiger partial charge in [-0.1, -0.05) is 0 Å². The van der Waals surface area contributed by atoms with Crippen molar-refractivity contribution in [1.29, 1.82) is 0 Å². The fourth-order valence-electron chi connectivity index (χ4n) is 1.78. The summed E-state index contributed by atoms with van der Waals surface area (Å²) in [5, 5.41) is 11.4. The van der Waals surface area contributed by atoms with Crippen LogP contribution in [0.4, 0.5) is 23.7 Å². The molecule has 1 rings (SSSR count). The van der Waals surface area contributed by atoms with Crippen LogP contribution in [-0.2, 0) is 0 Å². The minimum absolute atomic E-state index is 0.00382. The monoisotopic (exact) mass is 334 g/mol. The lowest BCUT2D eigenvalue weighted by Crippen LogP contribution is -2.43. The number of anilines is 1. The highest BCUT2D eigenvalue weighted by Crippen LogP contribution is 2.24. The van der Waals surface area contributed by atoms with E-state index in [1.165, 1.54) is 7.05 Å². The minimum Gasteiger partial charge on any atom is -0.491 e. The van der Waals surface area contributed by atoms with Crippen molar-refractivity contribution in [2.24, 2.45) is 0 Å². The standard InChI is InChI=1S/C15H21F3N2O3/c1-9(2)23-12-6-5-11(7-10(12)3)19-14(22)20(4)8-13(21)15(16,17)18/h5-7,9,13,21H,8H2,1-4H3,(H,19,22)/t13-/m1/s1. The van der Waals surface area contributed by atoms with E-state index >= 15 is 0 Å². The van der Waals surface area contributed by atoms with E-state index in [-0.39, 0.29) is 6.10 Å². The lowest BCUT2D eigenvalue weighted by molar-refractivity contribution is -0.205. The van der Waals surface area contributed by atoms with Crippen LogP contribution in [0.25, 0.3) is 0 Å². The number of halogens is 3. The normalized spacial score (nSPS) is 12.9. The van der Waals surface area contributed by atoms with Crippen LogP contribution in [0.3, 0.4) is 0 Å². The predicted octanol–water partition coefficient (Wildman–Crippen LogP) is 3.17. The Hall–Kier alpha value is -1.96. The number of carbonyl (C=O) groups excluding carboxylic acids is 1. The van der Waals surface area contributed by atoms with E-state index < -0.39 is 24.9 Å². The molecular weight excluding hydrogens is 313 g/mol. The first-order valence-corrected chi connectivity index (χ1v) is 7.05. The Labute approximate surface area is 133 Å². The van der Waals surface area contributed by atoms with E-state index in [1.54, 1.807) is 25.1 Å². The number of rotatable bonds is 5. The molecule has 0 spiro atoms. The van der Waals surface area contributed by atoms with E-state index in [4.69, 9.17) is 9.84 Å². The average molecular weight is 334 g/mol. The second kappa shape index (κ2) is 7.54. The first-order valence-electron chi connectivity index (χ1n) is 7.05. The molecule has 0 aromatic heterocycles. The SMILES string of the molecule is Cc1cc(NC(=O)N(C)C[C@@H](O)C(F)(F)F)ccc1OC(C)C. The molecular formula is C15H21F3N2O3. The van der Waals surface area contributed by atoms with Gasteiger partial charge in [0.05, 0.1) is 12.6 Å². The molecule has 1 aromatic carbocycles. The molecule has 1 aromatic rings. The van der Waals surface area contributed by atoms with E-state index in [0.29, 0.717) is 11.4 Å². The van der Waals surface area contributed by atoms with Crippen LogP contribution < -0.4 is 10.1 Å². The molecule has 5 nitrogen and oxygen atoms in total. The summed E-state index contributed by atoms with van der Waals surface area (Å²) in [4.78, 5) is 12.6. The molecule has 130 valence electrons. The number of amides is 2. The number of benzene rings is 1. The number of aliphatic hydroxyl groups excluding tert-OH is 1. The van der Waals surface area contributed by atoms with Crippen molar-refractivity contribution < 1.29 is 27.8 Å². The summed E-state index contributed by atoms with van der Waals surface area (Å²) in [5.74, 6) is 0.666. The number of aryl methyl sites for hydroxylation is 1. The Morgan fingerprint density at radius 3 is 2.48 bits per heavy atom. The number of ether oxygens (including phenoxy) is 1. The molecule has 0 aliphatic heterocycles. The van der Waals surface area contributed by atoms with Crippen molar-refractivity contribution in [2.75, 3.05) is 18.9 Å². The molecule has 0 bridgehead atoms. The van der Waals surface area contributed by atoms with Crippen molar-refractivity contribution in [2.45, 2.75) is 39.2 Å². The molecule has 23 heavy (non-hydrogen) atoms. The first kappa shape index (κ1) is 19.1. The van der Waals surface area contributed by atoms with E-state index in [0.717, 1.165) is 10.5 Å². The molecule has 2 N–H and O–H groups in total. The van der Waals surface area contributed by atoms with Gasteiger partial charge in [-0.25, -0.2) is 4.79 Å². The van der Waals surface area contributed by atoms with Crippen LogP contribution in [0.2, 0.25) is 0 Å². The van der Waals surface area contributed by atoms with E-state index in [1.807, 2.05) is 13.8 Å². The zero-order valence-corrected chi connectivity index (χ0v) is 13.4. The molecule has 0 saturated carbocycles. The Balaban J connectivity index is 2.68. The molecule has 0 aliphatic rings. The molecule has 0 heterocycles. The summed E-state index contributed by atoms with van der Waals surface area (Å²) in [6.07, 6.45) is -7.34. The Bertz CT molecular complexity index is 547. The van der Waals surface area contributed by atoms with Crippen molar-refractivity contribution in [1.82, 2.24) is 4.90 Å². The highest BCUT2D eigenvalue weighted by molar-refractivity contribution is 5.89. The number of aliphatic hydroxyl groups is 1. The molecule has 8 heteroatoms. The van der Waals surface area contributed by atoms with Gasteiger partial charge in [0.15, 0.2) is 6.10 Å². The topological polar surface area (TPSA) is 61.8 Å². The van der Waals surface area contributed by atoms with Crippen LogP contribution >= 0.6 is 0 Å². The third-order valence-electron chi connectivity index (χ3n) is 2.96. The largest absolute Gasteiger partial charge is 0.491 e. The van der Waals surface area contributed by atoms with E-state index in [9.17, 15) is 18.0 Å². The van der Waals surface area contributed by atoms with Gasteiger partial charge < -0.3 is 20.1 Å². The fourth-order valence-corrected chi connectivity index (χ4v) is 1.78. The molecule has 0 aliphatic carbocycles. The maximum atomic E-state index is 12.3. The number of alkyl halides is 3. The average Bonchev–Trinajstić information content (AvgIpc) is 2.40. The van der Waals surface area contributed by atoms with Gasteiger partial charge in [0.1, 0.15) is 5.75 Å². The van der Waals surface area contributed by atoms with Gasteiger partial charge in [-0.2, -0.15) is 13.2 Å². The van der Waals surface area contributed by atoms with Crippen LogP contribution in [0, 0.1) is 6.92 Å². The van der Waals surface area contributed by atoms with Crippen molar-refractivity contribution in [3.05, 3.63) is 23.8 Å². The predicted molar refractivity (Wildman–Crippen MR) is 80.7 cm³/mol. The third-order valence-corrected chi connectivity index (χ3v) is 2.96. The van der Waals surface area contributed by atoms with Crippen LogP contribution in [0.15, 0.2) is 18.2 Å². The highest BCUT2D eigenvalue weighted by Gasteiger charge is 2.39. The summed E-state index contributed by atoms with van der Waals surface area (Å²) in [6, 6.07) is 4.18. The molecule has 0 saturated heterocycles. The lowest BCUT2D eigenvalue weighted by atomic mass is 10.2. The number of hydrogen-bond acceptors (Lipinski definition) is 3. The zero-order valence-electron chi connectivity index (χ0n) is 13.4. The Morgan fingerprint density at radius 1 is 1.39 bits per heavy atom. The molecule has 1 atom stereocenters. The minimum atomic E-state index is -4.76. The number of carbonyl (C=O) groups is 1. The Morgan fingerprint density at radius 2 is 2.00 bits per heavy atom. The number of nitrogens with one attached hydrogen (secondary N) is 1. The lowest BCUT2D eigenvalue weighted by Gasteiger charge is -2.23. The van der Waals surface area contributed by atoms with Crippen LogP contribution in [-0.4, -0.2) is 48.0 Å². The number of hydrogen-bond donors (Lipinski definition) is 2. The molecule has 0 unspecified atom stereocenters. The van der Waals surface area contributed by atoms with Crippen LogP contribution in [0.1, 0.15) is 19.4 Å². The summed E-state index contributed by atoms with van der Waals surface area (Å²) in [7, 11) is 1.17. The smallest absolute Gasteiger partial charge is 0.416 e. The summed E-state index contributed by atoms with van der Waals surface area (Å²) in [6.45, 7) is 4.72. The van der Waals surface area contributed by atoms with Gasteiger partial charge in [0.2, 0.25) is 0 Å². The molecule has 0 fully saturated rings. The Kier molecular flexibility index (Phi) is 6.26. The van der Waals surface area contributed by atoms with Crippen molar-refractivity contribution in [3.63, 3.8) is 0 Å². The van der Waals surface area contributed by atoms with E-state index in [2.05, 4.69) is 5.32 Å². The third kappa shape index (κ3) is 5.97. The van der Waals surface area contributed by atoms with Gasteiger partial charge in [0.25, 0.3) is 0 Å². The number of urea groups is 1. The summed E-state index contributed by atoms with van der Waals surface area (Å²) in [5.41, 5.74) is 1.21. The first-order chi connectivity index (χ1) is 10.5. The number of nitrogens with zero attached hydrogens (tertiary/aromatic N) is 1. The van der Waals surface area contributed by atoms with Crippen molar-refractivity contribution in [3.8, 4) is 5.75 Å². The van der Waals surface area contributed by atoms with Gasteiger partial charge in [-0.05, 0) is 44.5 Å². The highest BCUT2D eigenvalue weighted by atomic mass is 19.4. The number of likely N-dealkylation sites (N-methyl/N-ethyl adjacent to an activating group) is 1. The molecule has 2 amide bonds. The quantitative estimate of drug-likeness (QED) is 0.869. The van der Waals surface area contributed by atoms with Gasteiger partial charge >= 0.3 is 12.2 Å². The fraction of sp³-hybridized carbons (Fsp3) is 0.533. The maximum absolute atomic E-state index is 12.3. The van der Waals surface area contributed by atoms with Crippen LogP contribution in [0.5, 0.6) is 5.75 Å². The van der Waals surface area contributed by atoms with Crippen molar-refractivity contribution >= 4 is 11.7 Å². The van der Waals surface area contributed by atoms with Gasteiger partial charge in [0, 0.05) is 12.7 Å². The second-order valence-electron chi connectivity index (χ2n) is 5.51. The van der Waals surface area contributed by atoms with Gasteiger partial charge in [-0.15, -0.1) is 0 Å².